The number of phenols is 1. The van der Waals surface area contributed by atoms with Crippen LogP contribution in [-0.2, 0) is 7.05 Å². The molecule has 2 aromatic heterocycles. The van der Waals surface area contributed by atoms with Crippen molar-refractivity contribution in [3.05, 3.63) is 72.1 Å². The van der Waals surface area contributed by atoms with Crippen LogP contribution in [0.3, 0.4) is 0 Å². The summed E-state index contributed by atoms with van der Waals surface area (Å²) in [4.78, 5) is 4.28. The standard InChI is InChI=1S/C23H20N2O2/c1-3-27-19-11-12-21-17(15-19)8-10-18(25(21)2)9-7-16-13-14-24-23-20(16)5-4-6-22(23)26/h4-15H,3H2,1-2H3/p+1. The molecular weight excluding hydrogens is 336 g/mol. The van der Waals surface area contributed by atoms with Gasteiger partial charge in [-0.2, -0.15) is 4.57 Å². The highest BCUT2D eigenvalue weighted by Gasteiger charge is 2.11. The van der Waals surface area contributed by atoms with E-state index in [1.54, 1.807) is 12.3 Å². The maximum Gasteiger partial charge on any atom is 0.212 e. The van der Waals surface area contributed by atoms with E-state index in [2.05, 4.69) is 53.0 Å². The van der Waals surface area contributed by atoms with Gasteiger partial charge in [-0.25, -0.2) is 0 Å². The first kappa shape index (κ1) is 17.0. The van der Waals surface area contributed by atoms with Crippen molar-refractivity contribution >= 4 is 34.0 Å². The number of aromatic hydroxyl groups is 1. The highest BCUT2D eigenvalue weighted by atomic mass is 16.5. The predicted octanol–water partition coefficient (Wildman–Crippen LogP) is 4.49. The lowest BCUT2D eigenvalue weighted by Gasteiger charge is -2.05. The summed E-state index contributed by atoms with van der Waals surface area (Å²) in [7, 11) is 2.05. The molecule has 1 N–H and O–H groups in total. The number of aromatic nitrogens is 2. The summed E-state index contributed by atoms with van der Waals surface area (Å²) >= 11 is 0. The molecule has 0 aliphatic carbocycles. The third-order valence-corrected chi connectivity index (χ3v) is 4.71. The normalized spacial score (nSPS) is 11.5. The Kier molecular flexibility index (Phi) is 4.47. The van der Waals surface area contributed by atoms with Crippen LogP contribution >= 0.6 is 0 Å². The van der Waals surface area contributed by atoms with Gasteiger partial charge in [0.05, 0.1) is 12.0 Å². The van der Waals surface area contributed by atoms with E-state index in [4.69, 9.17) is 4.74 Å². The van der Waals surface area contributed by atoms with E-state index in [0.717, 1.165) is 33.3 Å². The molecule has 0 amide bonds. The summed E-state index contributed by atoms with van der Waals surface area (Å²) in [6.45, 7) is 2.65. The number of nitrogens with zero attached hydrogens (tertiary/aromatic N) is 2. The molecule has 0 saturated carbocycles. The summed E-state index contributed by atoms with van der Waals surface area (Å²) in [6, 6.07) is 17.8. The van der Waals surface area contributed by atoms with Gasteiger partial charge in [-0.1, -0.05) is 12.1 Å². The molecule has 0 saturated heterocycles. The topological polar surface area (TPSA) is 46.2 Å². The van der Waals surface area contributed by atoms with Gasteiger partial charge in [0.1, 0.15) is 24.1 Å². The van der Waals surface area contributed by atoms with Gasteiger partial charge in [-0.15, -0.1) is 0 Å². The Morgan fingerprint density at radius 1 is 1.07 bits per heavy atom. The zero-order valence-electron chi connectivity index (χ0n) is 15.4. The zero-order chi connectivity index (χ0) is 18.8. The monoisotopic (exact) mass is 357 g/mol. The Morgan fingerprint density at radius 3 is 2.81 bits per heavy atom. The van der Waals surface area contributed by atoms with Crippen LogP contribution in [0.25, 0.3) is 34.0 Å². The van der Waals surface area contributed by atoms with Crippen molar-refractivity contribution in [3.8, 4) is 11.5 Å². The zero-order valence-corrected chi connectivity index (χ0v) is 15.4. The van der Waals surface area contributed by atoms with Crippen molar-refractivity contribution in [1.82, 2.24) is 4.98 Å². The quantitative estimate of drug-likeness (QED) is 0.548. The van der Waals surface area contributed by atoms with Crippen LogP contribution in [-0.4, -0.2) is 16.7 Å². The van der Waals surface area contributed by atoms with E-state index < -0.39 is 0 Å². The van der Waals surface area contributed by atoms with Gasteiger partial charge in [0, 0.05) is 29.8 Å². The molecule has 27 heavy (non-hydrogen) atoms. The molecule has 0 aliphatic heterocycles. The lowest BCUT2D eigenvalue weighted by atomic mass is 10.1. The van der Waals surface area contributed by atoms with Crippen LogP contribution in [0.1, 0.15) is 18.2 Å². The molecule has 0 fully saturated rings. The number of hydrogen-bond acceptors (Lipinski definition) is 3. The SMILES string of the molecule is CCOc1ccc2c(ccc(/C=C/c3ccnc4c(O)cccc34)[n+]2C)c1. The van der Waals surface area contributed by atoms with E-state index in [9.17, 15) is 5.11 Å². The van der Waals surface area contributed by atoms with Crippen LogP contribution in [0.5, 0.6) is 11.5 Å². The molecular formula is C23H21N2O2+. The number of phenolic OH excluding ortho intramolecular Hbond substituents is 1. The van der Waals surface area contributed by atoms with Crippen molar-refractivity contribution < 1.29 is 14.4 Å². The number of rotatable bonds is 4. The number of fused-ring (bicyclic) bond motifs is 2. The maximum absolute atomic E-state index is 10.0. The number of pyridine rings is 2. The number of ether oxygens (including phenoxy) is 1. The van der Waals surface area contributed by atoms with Crippen LogP contribution < -0.4 is 9.30 Å². The van der Waals surface area contributed by atoms with Gasteiger partial charge in [0.25, 0.3) is 0 Å². The average molecular weight is 357 g/mol. The maximum atomic E-state index is 10.0. The summed E-state index contributed by atoms with van der Waals surface area (Å²) in [5.41, 5.74) is 3.85. The second kappa shape index (κ2) is 7.08. The lowest BCUT2D eigenvalue weighted by molar-refractivity contribution is -0.646. The smallest absolute Gasteiger partial charge is 0.212 e. The number of hydrogen-bond donors (Lipinski definition) is 1. The van der Waals surface area contributed by atoms with Gasteiger partial charge in [-0.05, 0) is 48.9 Å². The van der Waals surface area contributed by atoms with Crippen LogP contribution in [0.4, 0.5) is 0 Å². The molecule has 4 rings (SSSR count). The molecule has 134 valence electrons. The number of para-hydroxylation sites is 1. The van der Waals surface area contributed by atoms with Crippen molar-refractivity contribution in [2.24, 2.45) is 7.05 Å². The third-order valence-electron chi connectivity index (χ3n) is 4.71. The second-order valence-corrected chi connectivity index (χ2v) is 6.38. The second-order valence-electron chi connectivity index (χ2n) is 6.38. The fourth-order valence-electron chi connectivity index (χ4n) is 3.32. The van der Waals surface area contributed by atoms with Crippen molar-refractivity contribution in [2.75, 3.05) is 6.61 Å². The summed E-state index contributed by atoms with van der Waals surface area (Å²) in [5.74, 6) is 1.08. The predicted molar refractivity (Wildman–Crippen MR) is 109 cm³/mol. The van der Waals surface area contributed by atoms with Gasteiger partial charge in [0.15, 0.2) is 0 Å². The van der Waals surface area contributed by atoms with Gasteiger partial charge < -0.3 is 9.84 Å². The Labute approximate surface area is 158 Å². The molecule has 0 bridgehead atoms. The van der Waals surface area contributed by atoms with Crippen LogP contribution in [0.2, 0.25) is 0 Å². The van der Waals surface area contributed by atoms with Gasteiger partial charge in [-0.3, -0.25) is 4.98 Å². The molecule has 2 aromatic carbocycles. The minimum atomic E-state index is 0.198. The van der Waals surface area contributed by atoms with Crippen molar-refractivity contribution in [1.29, 1.82) is 0 Å². The summed E-state index contributed by atoms with van der Waals surface area (Å²) in [6.07, 6.45) is 5.85. The van der Waals surface area contributed by atoms with Crippen molar-refractivity contribution in [3.63, 3.8) is 0 Å². The summed E-state index contributed by atoms with van der Waals surface area (Å²) < 4.78 is 7.75. The molecule has 0 aliphatic rings. The first-order valence-electron chi connectivity index (χ1n) is 8.98. The van der Waals surface area contributed by atoms with Gasteiger partial charge in [0.2, 0.25) is 11.2 Å². The average Bonchev–Trinajstić information content (AvgIpc) is 2.68. The van der Waals surface area contributed by atoms with Crippen LogP contribution in [0, 0.1) is 0 Å². The Balaban J connectivity index is 1.74. The van der Waals surface area contributed by atoms with Crippen LogP contribution in [0.15, 0.2) is 60.8 Å². The van der Waals surface area contributed by atoms with E-state index in [-0.39, 0.29) is 5.75 Å². The molecule has 2 heterocycles. The molecule has 4 nitrogen and oxygen atoms in total. The third kappa shape index (κ3) is 3.22. The van der Waals surface area contributed by atoms with E-state index >= 15 is 0 Å². The van der Waals surface area contributed by atoms with E-state index in [1.165, 1.54) is 0 Å². The molecule has 4 heteroatoms. The fraction of sp³-hybridized carbons (Fsp3) is 0.130. The Hall–Kier alpha value is -3.40. The fourth-order valence-corrected chi connectivity index (χ4v) is 3.32. The van der Waals surface area contributed by atoms with Crippen molar-refractivity contribution in [2.45, 2.75) is 6.92 Å². The Morgan fingerprint density at radius 2 is 1.96 bits per heavy atom. The minimum absolute atomic E-state index is 0.198. The van der Waals surface area contributed by atoms with E-state index in [1.807, 2.05) is 31.2 Å². The highest BCUT2D eigenvalue weighted by Crippen LogP contribution is 2.26. The number of benzene rings is 2. The highest BCUT2D eigenvalue weighted by molar-refractivity contribution is 5.93. The summed E-state index contributed by atoms with van der Waals surface area (Å²) in [5, 5.41) is 12.1. The Bertz CT molecular complexity index is 1170. The molecule has 0 atom stereocenters. The lowest BCUT2D eigenvalue weighted by Crippen LogP contribution is -2.32. The van der Waals surface area contributed by atoms with Gasteiger partial charge >= 0.3 is 0 Å². The largest absolute Gasteiger partial charge is 0.506 e. The molecule has 0 unspecified atom stereocenters. The molecule has 0 spiro atoms. The molecule has 4 aromatic rings. The first-order chi connectivity index (χ1) is 13.2. The van der Waals surface area contributed by atoms with E-state index in [0.29, 0.717) is 12.1 Å². The minimum Gasteiger partial charge on any atom is -0.506 e. The molecule has 0 radical (unpaired) electrons. The first-order valence-corrected chi connectivity index (χ1v) is 8.98. The number of aryl methyl sites for hydroxylation is 1.